The summed E-state index contributed by atoms with van der Waals surface area (Å²) in [6.07, 6.45) is 3.35. The van der Waals surface area contributed by atoms with E-state index in [9.17, 15) is 13.2 Å². The number of piperidine rings is 1. The van der Waals surface area contributed by atoms with Crippen molar-refractivity contribution in [3.05, 3.63) is 41.8 Å². The molecule has 1 unspecified atom stereocenters. The largest absolute Gasteiger partial charge is 0.324 e. The fraction of sp³-hybridized carbons (Fsp3) is 0.421. The minimum atomic E-state index is -3.45. The summed E-state index contributed by atoms with van der Waals surface area (Å²) in [5, 5.41) is 4.77. The number of benzene rings is 1. The first kappa shape index (κ1) is 21.3. The highest BCUT2D eigenvalue weighted by Gasteiger charge is 2.29. The van der Waals surface area contributed by atoms with Crippen molar-refractivity contribution in [2.75, 3.05) is 24.7 Å². The number of sulfonamides is 1. The highest BCUT2D eigenvalue weighted by atomic mass is 32.2. The Morgan fingerprint density at radius 1 is 1.21 bits per heavy atom. The molecular weight excluding hydrogens is 414 g/mol. The predicted octanol–water partition coefficient (Wildman–Crippen LogP) is 3.24. The van der Waals surface area contributed by atoms with E-state index in [1.807, 2.05) is 37.4 Å². The maximum atomic E-state index is 12.7. The SMILES string of the molecule is CSc1ccccc1NC(=O)C(C)N1CCC(NS(=O)(=O)c2cccs2)CC1. The van der Waals surface area contributed by atoms with E-state index < -0.39 is 10.0 Å². The van der Waals surface area contributed by atoms with Gasteiger partial charge in [-0.15, -0.1) is 23.1 Å². The molecule has 6 nitrogen and oxygen atoms in total. The smallest absolute Gasteiger partial charge is 0.250 e. The van der Waals surface area contributed by atoms with Gasteiger partial charge in [0.25, 0.3) is 0 Å². The molecule has 2 N–H and O–H groups in total. The van der Waals surface area contributed by atoms with Gasteiger partial charge >= 0.3 is 0 Å². The number of rotatable bonds is 7. The molecule has 0 radical (unpaired) electrons. The van der Waals surface area contributed by atoms with Crippen LogP contribution in [0.4, 0.5) is 5.69 Å². The van der Waals surface area contributed by atoms with Gasteiger partial charge in [0.05, 0.1) is 11.7 Å². The van der Waals surface area contributed by atoms with Crippen LogP contribution >= 0.6 is 23.1 Å². The number of amides is 1. The highest BCUT2D eigenvalue weighted by molar-refractivity contribution is 7.98. The Hall–Kier alpha value is -1.39. The van der Waals surface area contributed by atoms with Gasteiger partial charge in [0.15, 0.2) is 0 Å². The van der Waals surface area contributed by atoms with Gasteiger partial charge in [-0.2, -0.15) is 0 Å². The molecular formula is C19H25N3O3S3. The second kappa shape index (κ2) is 9.41. The molecule has 3 rings (SSSR count). The van der Waals surface area contributed by atoms with Crippen molar-refractivity contribution < 1.29 is 13.2 Å². The fourth-order valence-corrected chi connectivity index (χ4v) is 6.12. The number of carbonyl (C=O) groups excluding carboxylic acids is 1. The minimum absolute atomic E-state index is 0.0425. The Balaban J connectivity index is 1.53. The number of likely N-dealkylation sites (tertiary alicyclic amines) is 1. The van der Waals surface area contributed by atoms with Gasteiger partial charge in [0, 0.05) is 24.0 Å². The van der Waals surface area contributed by atoms with Crippen molar-refractivity contribution in [1.29, 1.82) is 0 Å². The van der Waals surface area contributed by atoms with E-state index in [1.165, 1.54) is 11.3 Å². The maximum Gasteiger partial charge on any atom is 0.250 e. The topological polar surface area (TPSA) is 78.5 Å². The predicted molar refractivity (Wildman–Crippen MR) is 116 cm³/mol. The summed E-state index contributed by atoms with van der Waals surface area (Å²) in [6.45, 7) is 3.25. The van der Waals surface area contributed by atoms with Gasteiger partial charge < -0.3 is 5.32 Å². The van der Waals surface area contributed by atoms with Crippen LogP contribution in [-0.4, -0.2) is 50.7 Å². The van der Waals surface area contributed by atoms with E-state index in [4.69, 9.17) is 0 Å². The lowest BCUT2D eigenvalue weighted by molar-refractivity contribution is -0.121. The molecule has 28 heavy (non-hydrogen) atoms. The number of thiophene rings is 1. The van der Waals surface area contributed by atoms with Crippen LogP contribution in [-0.2, 0) is 14.8 Å². The molecule has 0 saturated carbocycles. The van der Waals surface area contributed by atoms with Crippen LogP contribution in [0.1, 0.15) is 19.8 Å². The molecule has 0 bridgehead atoms. The molecule has 1 fully saturated rings. The quantitative estimate of drug-likeness (QED) is 0.648. The summed E-state index contributed by atoms with van der Waals surface area (Å²) in [5.41, 5.74) is 0.824. The maximum absolute atomic E-state index is 12.7. The van der Waals surface area contributed by atoms with E-state index in [0.29, 0.717) is 30.1 Å². The van der Waals surface area contributed by atoms with E-state index in [1.54, 1.807) is 29.3 Å². The van der Waals surface area contributed by atoms with Gasteiger partial charge in [-0.05, 0) is 49.6 Å². The first-order valence-corrected chi connectivity index (χ1v) is 12.7. The molecule has 152 valence electrons. The van der Waals surface area contributed by atoms with Gasteiger partial charge in [-0.3, -0.25) is 9.69 Å². The number of hydrogen-bond acceptors (Lipinski definition) is 6. The average Bonchev–Trinajstić information content (AvgIpc) is 3.24. The van der Waals surface area contributed by atoms with Crippen LogP contribution in [0.15, 0.2) is 50.9 Å². The third kappa shape index (κ3) is 5.15. The molecule has 1 aliphatic heterocycles. The number of carbonyl (C=O) groups is 1. The third-order valence-electron chi connectivity index (χ3n) is 4.90. The lowest BCUT2D eigenvalue weighted by Gasteiger charge is -2.35. The van der Waals surface area contributed by atoms with Gasteiger partial charge in [-0.25, -0.2) is 13.1 Å². The Morgan fingerprint density at radius 2 is 1.93 bits per heavy atom. The summed E-state index contributed by atoms with van der Waals surface area (Å²) >= 11 is 2.81. The number of hydrogen-bond donors (Lipinski definition) is 2. The molecule has 0 spiro atoms. The molecule has 2 aromatic rings. The summed E-state index contributed by atoms with van der Waals surface area (Å²) in [5.74, 6) is -0.0425. The molecule has 2 heterocycles. The van der Waals surface area contributed by atoms with Crippen molar-refractivity contribution >= 4 is 44.7 Å². The van der Waals surface area contributed by atoms with Crippen LogP contribution in [0.2, 0.25) is 0 Å². The summed E-state index contributed by atoms with van der Waals surface area (Å²) in [6, 6.07) is 10.7. The van der Waals surface area contributed by atoms with Crippen LogP contribution in [0.25, 0.3) is 0 Å². The van der Waals surface area contributed by atoms with E-state index in [0.717, 1.165) is 10.6 Å². The first-order valence-electron chi connectivity index (χ1n) is 9.14. The monoisotopic (exact) mass is 439 g/mol. The zero-order chi connectivity index (χ0) is 20.1. The third-order valence-corrected chi connectivity index (χ3v) is 8.62. The normalized spacial score (nSPS) is 17.4. The Labute approximate surface area is 174 Å². The lowest BCUT2D eigenvalue weighted by atomic mass is 10.0. The molecule has 0 aliphatic carbocycles. The van der Waals surface area contributed by atoms with Crippen molar-refractivity contribution in [2.24, 2.45) is 0 Å². The summed E-state index contributed by atoms with van der Waals surface area (Å²) in [4.78, 5) is 15.8. The van der Waals surface area contributed by atoms with Crippen molar-refractivity contribution in [3.63, 3.8) is 0 Å². The second-order valence-electron chi connectivity index (χ2n) is 6.73. The Morgan fingerprint density at radius 3 is 2.57 bits per heavy atom. The number of para-hydroxylation sites is 1. The highest BCUT2D eigenvalue weighted by Crippen LogP contribution is 2.25. The van der Waals surface area contributed by atoms with Gasteiger partial charge in [0.2, 0.25) is 15.9 Å². The van der Waals surface area contributed by atoms with Crippen molar-refractivity contribution in [2.45, 2.75) is 41.0 Å². The summed E-state index contributed by atoms with van der Waals surface area (Å²) in [7, 11) is -3.45. The molecule has 1 saturated heterocycles. The van der Waals surface area contributed by atoms with E-state index >= 15 is 0 Å². The van der Waals surface area contributed by atoms with Crippen LogP contribution in [0, 0.1) is 0 Å². The summed E-state index contributed by atoms with van der Waals surface area (Å²) < 4.78 is 27.9. The van der Waals surface area contributed by atoms with Crippen molar-refractivity contribution in [1.82, 2.24) is 9.62 Å². The van der Waals surface area contributed by atoms with Crippen molar-refractivity contribution in [3.8, 4) is 0 Å². The van der Waals surface area contributed by atoms with Crippen LogP contribution in [0.5, 0.6) is 0 Å². The van der Waals surface area contributed by atoms with Crippen LogP contribution < -0.4 is 10.0 Å². The number of anilines is 1. The Kier molecular flexibility index (Phi) is 7.16. The van der Waals surface area contributed by atoms with Gasteiger partial charge in [0.1, 0.15) is 4.21 Å². The molecule has 1 aliphatic rings. The molecule has 1 aromatic carbocycles. The standard InChI is InChI=1S/C19H25N3O3S3/c1-14(19(23)20-16-6-3-4-7-17(16)26-2)22-11-9-15(10-12-22)21-28(24,25)18-8-5-13-27-18/h3-8,13-15,21H,9-12H2,1-2H3,(H,20,23). The van der Waals surface area contributed by atoms with Gasteiger partial charge in [-0.1, -0.05) is 18.2 Å². The zero-order valence-corrected chi connectivity index (χ0v) is 18.4. The Bertz CT molecular complexity index is 892. The molecule has 9 heteroatoms. The average molecular weight is 440 g/mol. The molecule has 1 aromatic heterocycles. The molecule has 1 amide bonds. The number of thioether (sulfide) groups is 1. The first-order chi connectivity index (χ1) is 13.4. The van der Waals surface area contributed by atoms with Crippen LogP contribution in [0.3, 0.4) is 0 Å². The fourth-order valence-electron chi connectivity index (χ4n) is 3.25. The van der Waals surface area contributed by atoms with E-state index in [2.05, 4.69) is 14.9 Å². The zero-order valence-electron chi connectivity index (χ0n) is 15.9. The number of nitrogens with one attached hydrogen (secondary N) is 2. The number of nitrogens with zero attached hydrogens (tertiary/aromatic N) is 1. The minimum Gasteiger partial charge on any atom is -0.324 e. The lowest BCUT2D eigenvalue weighted by Crippen LogP contribution is -2.50. The molecule has 1 atom stereocenters. The van der Waals surface area contributed by atoms with E-state index in [-0.39, 0.29) is 18.0 Å². The second-order valence-corrected chi connectivity index (χ2v) is 10.5.